The van der Waals surface area contributed by atoms with Crippen molar-refractivity contribution in [2.75, 3.05) is 4.90 Å². The maximum absolute atomic E-state index is 5.92. The van der Waals surface area contributed by atoms with Crippen LogP contribution in [-0.4, -0.2) is 5.79 Å². The van der Waals surface area contributed by atoms with Gasteiger partial charge in [0.2, 0.25) is 5.79 Å². The van der Waals surface area contributed by atoms with E-state index in [2.05, 4.69) is 116 Å². The molecule has 1 aliphatic rings. The van der Waals surface area contributed by atoms with Crippen LogP contribution in [0.1, 0.15) is 13.8 Å². The molecule has 5 rings (SSSR count). The molecule has 32 heavy (non-hydrogen) atoms. The normalized spacial score (nSPS) is 13.8. The first-order valence-electron chi connectivity index (χ1n) is 10.3. The summed E-state index contributed by atoms with van der Waals surface area (Å²) in [5, 5.41) is 0. The fraction of sp³-hybridized carbons (Fsp3) is 0.111. The van der Waals surface area contributed by atoms with Crippen LogP contribution in [0.4, 0.5) is 17.1 Å². The molecule has 0 atom stereocenters. The lowest BCUT2D eigenvalue weighted by Gasteiger charge is -2.25. The molecule has 0 spiro atoms. The minimum Gasteiger partial charge on any atom is -0.449 e. The molecule has 0 radical (unpaired) electrons. The Labute approximate surface area is 204 Å². The molecule has 0 bridgehead atoms. The third-order valence-electron chi connectivity index (χ3n) is 5.28. The first-order valence-corrected chi connectivity index (χ1v) is 11.9. The molecule has 0 saturated heterocycles. The lowest BCUT2D eigenvalue weighted by Crippen LogP contribution is -2.29. The van der Waals surface area contributed by atoms with E-state index in [1.165, 1.54) is 0 Å². The number of anilines is 3. The molecule has 160 valence electrons. The van der Waals surface area contributed by atoms with Crippen LogP contribution in [0.15, 0.2) is 99.9 Å². The summed E-state index contributed by atoms with van der Waals surface area (Å²) >= 11 is 7.07. The third kappa shape index (κ3) is 4.27. The van der Waals surface area contributed by atoms with Crippen LogP contribution in [0.2, 0.25) is 0 Å². The van der Waals surface area contributed by atoms with Gasteiger partial charge >= 0.3 is 0 Å². The van der Waals surface area contributed by atoms with Crippen molar-refractivity contribution in [3.8, 4) is 22.6 Å². The Hall–Kier alpha value is -2.76. The molecule has 0 saturated carbocycles. The summed E-state index contributed by atoms with van der Waals surface area (Å²) < 4.78 is 13.8. The van der Waals surface area contributed by atoms with E-state index in [-0.39, 0.29) is 0 Å². The number of benzene rings is 4. The zero-order valence-electron chi connectivity index (χ0n) is 17.7. The van der Waals surface area contributed by atoms with Gasteiger partial charge in [-0.25, -0.2) is 0 Å². The number of nitrogens with zero attached hydrogens (tertiary/aromatic N) is 1. The van der Waals surface area contributed by atoms with Crippen LogP contribution in [0.25, 0.3) is 11.1 Å². The van der Waals surface area contributed by atoms with Gasteiger partial charge in [0.25, 0.3) is 0 Å². The second-order valence-corrected chi connectivity index (χ2v) is 9.93. The van der Waals surface area contributed by atoms with Crippen molar-refractivity contribution >= 4 is 48.9 Å². The van der Waals surface area contributed by atoms with Crippen LogP contribution in [0, 0.1) is 0 Å². The maximum Gasteiger partial charge on any atom is 0.246 e. The third-order valence-corrected chi connectivity index (χ3v) is 6.34. The van der Waals surface area contributed by atoms with E-state index >= 15 is 0 Å². The van der Waals surface area contributed by atoms with Crippen LogP contribution >= 0.6 is 31.9 Å². The summed E-state index contributed by atoms with van der Waals surface area (Å²) in [5.41, 5.74) is 5.48. The largest absolute Gasteiger partial charge is 0.449 e. The predicted octanol–water partition coefficient (Wildman–Crippen LogP) is 8.86. The Kier molecular flexibility index (Phi) is 5.48. The second kappa shape index (κ2) is 8.30. The average molecular weight is 551 g/mol. The molecule has 0 amide bonds. The van der Waals surface area contributed by atoms with Gasteiger partial charge in [-0.1, -0.05) is 50.1 Å². The van der Waals surface area contributed by atoms with Crippen molar-refractivity contribution in [1.29, 1.82) is 0 Å². The predicted molar refractivity (Wildman–Crippen MR) is 137 cm³/mol. The summed E-state index contributed by atoms with van der Waals surface area (Å²) in [7, 11) is 0. The number of ether oxygens (including phenoxy) is 2. The highest BCUT2D eigenvalue weighted by Crippen LogP contribution is 2.42. The Balaban J connectivity index is 1.50. The average Bonchev–Trinajstić information content (AvgIpc) is 3.10. The van der Waals surface area contributed by atoms with E-state index in [1.54, 1.807) is 0 Å². The minimum atomic E-state index is -0.624. The van der Waals surface area contributed by atoms with Gasteiger partial charge in [-0.15, -0.1) is 0 Å². The number of rotatable bonds is 4. The van der Waals surface area contributed by atoms with E-state index < -0.39 is 5.79 Å². The van der Waals surface area contributed by atoms with Crippen molar-refractivity contribution in [2.45, 2.75) is 19.6 Å². The Bertz CT molecular complexity index is 1210. The van der Waals surface area contributed by atoms with Crippen LogP contribution < -0.4 is 14.4 Å². The minimum absolute atomic E-state index is 0.624. The molecule has 0 aliphatic carbocycles. The molecule has 4 aromatic rings. The molecule has 4 aromatic carbocycles. The molecule has 0 fully saturated rings. The zero-order valence-corrected chi connectivity index (χ0v) is 20.9. The van der Waals surface area contributed by atoms with E-state index in [0.717, 1.165) is 48.6 Å². The van der Waals surface area contributed by atoms with E-state index in [1.807, 2.05) is 26.0 Å². The van der Waals surface area contributed by atoms with Gasteiger partial charge in [0.15, 0.2) is 11.5 Å². The number of fused-ring (bicyclic) bond motifs is 1. The smallest absolute Gasteiger partial charge is 0.246 e. The van der Waals surface area contributed by atoms with E-state index in [0.29, 0.717) is 0 Å². The van der Waals surface area contributed by atoms with Crippen molar-refractivity contribution in [1.82, 2.24) is 0 Å². The van der Waals surface area contributed by atoms with Crippen LogP contribution in [0.5, 0.6) is 11.5 Å². The summed E-state index contributed by atoms with van der Waals surface area (Å²) in [6.45, 7) is 3.83. The quantitative estimate of drug-likeness (QED) is 0.253. The fourth-order valence-corrected chi connectivity index (χ4v) is 4.36. The van der Waals surface area contributed by atoms with Crippen LogP contribution in [-0.2, 0) is 0 Å². The molecule has 0 N–H and O–H groups in total. The van der Waals surface area contributed by atoms with Crippen molar-refractivity contribution in [3.63, 3.8) is 0 Å². The number of hydrogen-bond donors (Lipinski definition) is 0. The molecule has 3 nitrogen and oxygen atoms in total. The van der Waals surface area contributed by atoms with E-state index in [9.17, 15) is 0 Å². The number of hydrogen-bond acceptors (Lipinski definition) is 3. The highest BCUT2D eigenvalue weighted by molar-refractivity contribution is 9.10. The molecular formula is C27H21Br2NO2. The molecule has 0 unspecified atom stereocenters. The molecule has 5 heteroatoms. The Morgan fingerprint density at radius 3 is 1.53 bits per heavy atom. The van der Waals surface area contributed by atoms with Gasteiger partial charge in [0.05, 0.1) is 0 Å². The topological polar surface area (TPSA) is 21.7 Å². The van der Waals surface area contributed by atoms with Crippen LogP contribution in [0.3, 0.4) is 0 Å². The summed E-state index contributed by atoms with van der Waals surface area (Å²) in [4.78, 5) is 2.24. The van der Waals surface area contributed by atoms with Gasteiger partial charge < -0.3 is 14.4 Å². The van der Waals surface area contributed by atoms with Crippen molar-refractivity contribution in [3.05, 3.63) is 99.9 Å². The SMILES string of the molecule is CC1(C)Oc2ccc(-c3ccc(N(c4ccc(Br)cc4)c4ccc(Br)cc4)cc3)cc2O1. The van der Waals surface area contributed by atoms with Gasteiger partial charge in [-0.05, 0) is 83.9 Å². The summed E-state index contributed by atoms with van der Waals surface area (Å²) in [6, 6.07) is 31.3. The monoisotopic (exact) mass is 549 g/mol. The molecule has 0 aromatic heterocycles. The second-order valence-electron chi connectivity index (χ2n) is 8.10. The summed E-state index contributed by atoms with van der Waals surface area (Å²) in [5.74, 6) is 0.940. The van der Waals surface area contributed by atoms with Crippen molar-refractivity contribution in [2.24, 2.45) is 0 Å². The summed E-state index contributed by atoms with van der Waals surface area (Å²) in [6.07, 6.45) is 0. The molecular weight excluding hydrogens is 530 g/mol. The van der Waals surface area contributed by atoms with Gasteiger partial charge in [-0.3, -0.25) is 0 Å². The van der Waals surface area contributed by atoms with Gasteiger partial charge in [0, 0.05) is 39.9 Å². The Morgan fingerprint density at radius 2 is 1.00 bits per heavy atom. The maximum atomic E-state index is 5.92. The lowest BCUT2D eigenvalue weighted by atomic mass is 10.0. The standard InChI is InChI=1S/C27H21Br2NO2/c1-27(2)31-25-16-5-19(17-26(25)32-27)18-3-10-22(11-4-18)30(23-12-6-20(28)7-13-23)24-14-8-21(29)9-15-24/h3-17H,1-2H3. The first kappa shape index (κ1) is 21.1. The highest BCUT2D eigenvalue weighted by Gasteiger charge is 2.31. The molecule has 1 heterocycles. The first-order chi connectivity index (χ1) is 15.4. The molecule has 1 aliphatic heterocycles. The van der Waals surface area contributed by atoms with Gasteiger partial charge in [0.1, 0.15) is 0 Å². The highest BCUT2D eigenvalue weighted by atomic mass is 79.9. The number of halogens is 2. The zero-order chi connectivity index (χ0) is 22.3. The lowest BCUT2D eigenvalue weighted by molar-refractivity contribution is -0.0431. The van der Waals surface area contributed by atoms with E-state index in [4.69, 9.17) is 9.47 Å². The van der Waals surface area contributed by atoms with Gasteiger partial charge in [-0.2, -0.15) is 0 Å². The van der Waals surface area contributed by atoms with Crippen molar-refractivity contribution < 1.29 is 9.47 Å². The Morgan fingerprint density at radius 1 is 0.562 bits per heavy atom. The fourth-order valence-electron chi connectivity index (χ4n) is 3.83.